The summed E-state index contributed by atoms with van der Waals surface area (Å²) in [5.74, 6) is -0.0946. The second kappa shape index (κ2) is 6.02. The molecule has 0 aromatic carbocycles. The van der Waals surface area contributed by atoms with Crippen LogP contribution in [0.3, 0.4) is 0 Å². The molecule has 0 aliphatic heterocycles. The van der Waals surface area contributed by atoms with E-state index >= 15 is 0 Å². The van der Waals surface area contributed by atoms with Crippen molar-refractivity contribution in [3.63, 3.8) is 0 Å². The van der Waals surface area contributed by atoms with Gasteiger partial charge in [-0.3, -0.25) is 4.79 Å². The topological polar surface area (TPSA) is 46.5 Å². The molecule has 0 aromatic rings. The second-order valence-electron chi connectivity index (χ2n) is 4.10. The normalized spacial score (nSPS) is 27.5. The maximum Gasteiger partial charge on any atom is 0.303 e. The van der Waals surface area contributed by atoms with E-state index in [2.05, 4.69) is 0 Å². The molecule has 14 heavy (non-hydrogen) atoms. The van der Waals surface area contributed by atoms with E-state index in [4.69, 9.17) is 9.84 Å². The van der Waals surface area contributed by atoms with Crippen LogP contribution in [0.15, 0.2) is 0 Å². The van der Waals surface area contributed by atoms with Crippen LogP contribution >= 0.6 is 0 Å². The second-order valence-corrected chi connectivity index (χ2v) is 4.10. The molecule has 82 valence electrons. The Hall–Kier alpha value is -0.570. The van der Waals surface area contributed by atoms with Crippen LogP contribution in [0.4, 0.5) is 0 Å². The number of ether oxygens (including phenoxy) is 1. The molecular formula is C11H20O3. The van der Waals surface area contributed by atoms with Gasteiger partial charge in [0.1, 0.15) is 0 Å². The fourth-order valence-electron chi connectivity index (χ4n) is 2.33. The largest absolute Gasteiger partial charge is 0.481 e. The summed E-state index contributed by atoms with van der Waals surface area (Å²) in [7, 11) is 1.76. The first-order valence-corrected chi connectivity index (χ1v) is 5.48. The highest BCUT2D eigenvalue weighted by molar-refractivity contribution is 5.66. The molecule has 0 aromatic heterocycles. The van der Waals surface area contributed by atoms with Crippen LogP contribution in [-0.2, 0) is 9.53 Å². The number of hydrogen-bond acceptors (Lipinski definition) is 2. The van der Waals surface area contributed by atoms with Gasteiger partial charge < -0.3 is 9.84 Å². The molecule has 0 spiro atoms. The van der Waals surface area contributed by atoms with Gasteiger partial charge in [-0.05, 0) is 31.6 Å². The van der Waals surface area contributed by atoms with Gasteiger partial charge >= 0.3 is 5.97 Å². The highest BCUT2D eigenvalue weighted by Gasteiger charge is 2.24. The van der Waals surface area contributed by atoms with Gasteiger partial charge in [0, 0.05) is 13.5 Å². The zero-order chi connectivity index (χ0) is 10.4. The summed E-state index contributed by atoms with van der Waals surface area (Å²) in [6, 6.07) is 0. The van der Waals surface area contributed by atoms with Gasteiger partial charge in [-0.1, -0.05) is 12.8 Å². The first-order chi connectivity index (χ1) is 6.74. The molecule has 3 nitrogen and oxygen atoms in total. The zero-order valence-corrected chi connectivity index (χ0v) is 8.87. The summed E-state index contributed by atoms with van der Waals surface area (Å²) in [5, 5.41) is 8.53. The molecule has 2 atom stereocenters. The Morgan fingerprint density at radius 1 is 1.43 bits per heavy atom. The third kappa shape index (κ3) is 3.66. The molecule has 0 heterocycles. The lowest BCUT2D eigenvalue weighted by atomic mass is 9.83. The molecular weight excluding hydrogens is 180 g/mol. The van der Waals surface area contributed by atoms with Gasteiger partial charge in [0.05, 0.1) is 6.10 Å². The van der Waals surface area contributed by atoms with Crippen LogP contribution in [0.25, 0.3) is 0 Å². The molecule has 0 unspecified atom stereocenters. The Bertz CT molecular complexity index is 179. The molecule has 1 saturated carbocycles. The molecule has 1 aliphatic carbocycles. The highest BCUT2D eigenvalue weighted by Crippen LogP contribution is 2.30. The lowest BCUT2D eigenvalue weighted by Crippen LogP contribution is -2.26. The summed E-state index contributed by atoms with van der Waals surface area (Å²) in [6.07, 6.45) is 7.35. The van der Waals surface area contributed by atoms with Crippen molar-refractivity contribution in [2.45, 2.75) is 51.0 Å². The first kappa shape index (κ1) is 11.5. The fourth-order valence-corrected chi connectivity index (χ4v) is 2.33. The predicted octanol–water partition coefficient (Wildman–Crippen LogP) is 2.45. The van der Waals surface area contributed by atoms with Crippen molar-refractivity contribution in [2.75, 3.05) is 7.11 Å². The molecule has 0 bridgehead atoms. The number of hydrogen-bond donors (Lipinski definition) is 1. The number of carboxylic acid groups (broad SMARTS) is 1. The first-order valence-electron chi connectivity index (χ1n) is 5.48. The smallest absolute Gasteiger partial charge is 0.303 e. The van der Waals surface area contributed by atoms with E-state index in [0.717, 1.165) is 19.3 Å². The fraction of sp³-hybridized carbons (Fsp3) is 0.909. The van der Waals surface area contributed by atoms with Gasteiger partial charge in [0.25, 0.3) is 0 Å². The maximum atomic E-state index is 10.4. The Kier molecular flexibility index (Phi) is 4.94. The van der Waals surface area contributed by atoms with Crippen molar-refractivity contribution in [1.29, 1.82) is 0 Å². The van der Waals surface area contributed by atoms with E-state index in [1.54, 1.807) is 7.11 Å². The number of rotatable bonds is 5. The van der Waals surface area contributed by atoms with Crippen LogP contribution in [-0.4, -0.2) is 24.3 Å². The lowest BCUT2D eigenvalue weighted by Gasteiger charge is -2.30. The summed E-state index contributed by atoms with van der Waals surface area (Å²) in [6.45, 7) is 0. The van der Waals surface area contributed by atoms with Crippen molar-refractivity contribution in [2.24, 2.45) is 5.92 Å². The molecule has 3 heteroatoms. The monoisotopic (exact) mass is 200 g/mol. The van der Waals surface area contributed by atoms with Crippen molar-refractivity contribution in [1.82, 2.24) is 0 Å². The Labute approximate surface area is 85.5 Å². The van der Waals surface area contributed by atoms with Crippen molar-refractivity contribution in [3.8, 4) is 0 Å². The van der Waals surface area contributed by atoms with Crippen LogP contribution in [0.5, 0.6) is 0 Å². The van der Waals surface area contributed by atoms with Gasteiger partial charge in [-0.2, -0.15) is 0 Å². The van der Waals surface area contributed by atoms with Gasteiger partial charge in [-0.15, -0.1) is 0 Å². The quantitative estimate of drug-likeness (QED) is 0.741. The predicted molar refractivity (Wildman–Crippen MR) is 54.2 cm³/mol. The Morgan fingerprint density at radius 3 is 2.79 bits per heavy atom. The molecule has 1 rings (SSSR count). The van der Waals surface area contributed by atoms with Crippen molar-refractivity contribution in [3.05, 3.63) is 0 Å². The molecule has 1 aliphatic rings. The SMILES string of the molecule is CO[C@@H]1CCCC[C@H]1CCCC(=O)O. The van der Waals surface area contributed by atoms with Gasteiger partial charge in [0.15, 0.2) is 0 Å². The number of aliphatic carboxylic acids is 1. The van der Waals surface area contributed by atoms with Crippen molar-refractivity contribution >= 4 is 5.97 Å². The van der Waals surface area contributed by atoms with Gasteiger partial charge in [-0.25, -0.2) is 0 Å². The van der Waals surface area contributed by atoms with E-state index in [1.165, 1.54) is 19.3 Å². The minimum atomic E-state index is -0.685. The average molecular weight is 200 g/mol. The van der Waals surface area contributed by atoms with E-state index in [-0.39, 0.29) is 0 Å². The summed E-state index contributed by atoms with van der Waals surface area (Å²) in [5.41, 5.74) is 0. The number of carboxylic acids is 1. The third-order valence-electron chi connectivity index (χ3n) is 3.11. The summed E-state index contributed by atoms with van der Waals surface area (Å²) < 4.78 is 5.41. The number of methoxy groups -OCH3 is 1. The minimum Gasteiger partial charge on any atom is -0.481 e. The van der Waals surface area contributed by atoms with Crippen LogP contribution < -0.4 is 0 Å². The van der Waals surface area contributed by atoms with Crippen LogP contribution in [0.2, 0.25) is 0 Å². The number of carbonyl (C=O) groups is 1. The molecule has 1 fully saturated rings. The maximum absolute atomic E-state index is 10.4. The molecule has 0 saturated heterocycles. The van der Waals surface area contributed by atoms with Crippen LogP contribution in [0.1, 0.15) is 44.9 Å². The molecule has 1 N–H and O–H groups in total. The molecule has 0 amide bonds. The van der Waals surface area contributed by atoms with E-state index in [9.17, 15) is 4.79 Å². The standard InChI is InChI=1S/C11H20O3/c1-14-10-7-3-2-5-9(10)6-4-8-11(12)13/h9-10H,2-8H2,1H3,(H,12,13)/t9-,10+/m0/s1. The van der Waals surface area contributed by atoms with Gasteiger partial charge in [0.2, 0.25) is 0 Å². The average Bonchev–Trinajstić information content (AvgIpc) is 2.18. The Morgan fingerprint density at radius 2 is 2.14 bits per heavy atom. The summed E-state index contributed by atoms with van der Waals surface area (Å²) >= 11 is 0. The van der Waals surface area contributed by atoms with E-state index in [0.29, 0.717) is 18.4 Å². The zero-order valence-electron chi connectivity index (χ0n) is 8.87. The third-order valence-corrected chi connectivity index (χ3v) is 3.11. The Balaban J connectivity index is 2.22. The van der Waals surface area contributed by atoms with E-state index in [1.807, 2.05) is 0 Å². The van der Waals surface area contributed by atoms with E-state index < -0.39 is 5.97 Å². The molecule has 0 radical (unpaired) electrons. The lowest BCUT2D eigenvalue weighted by molar-refractivity contribution is -0.137. The van der Waals surface area contributed by atoms with Crippen LogP contribution in [0, 0.1) is 5.92 Å². The van der Waals surface area contributed by atoms with Crippen molar-refractivity contribution < 1.29 is 14.6 Å². The highest BCUT2D eigenvalue weighted by atomic mass is 16.5. The minimum absolute atomic E-state index is 0.299. The summed E-state index contributed by atoms with van der Waals surface area (Å²) in [4.78, 5) is 10.4.